The molecule has 0 bridgehead atoms. The molecule has 248 valence electrons. The highest BCUT2D eigenvalue weighted by Crippen LogP contribution is 2.49. The van der Waals surface area contributed by atoms with Crippen LogP contribution in [0.1, 0.15) is 23.1 Å². The first-order chi connectivity index (χ1) is 26.3. The minimum atomic E-state index is 0.660. The van der Waals surface area contributed by atoms with Crippen molar-refractivity contribution in [3.8, 4) is 55.6 Å². The molecular formula is C51H34N2. The van der Waals surface area contributed by atoms with Gasteiger partial charge in [-0.05, 0) is 72.0 Å². The Bertz CT molecular complexity index is 2720. The van der Waals surface area contributed by atoms with Gasteiger partial charge in [0.25, 0.3) is 0 Å². The zero-order chi connectivity index (χ0) is 35.1. The summed E-state index contributed by atoms with van der Waals surface area (Å²) in [4.78, 5) is 10.5. The highest BCUT2D eigenvalue weighted by atomic mass is 14.9. The van der Waals surface area contributed by atoms with Crippen LogP contribution in [-0.4, -0.2) is 11.5 Å². The van der Waals surface area contributed by atoms with Crippen LogP contribution in [0.4, 0.5) is 0 Å². The third kappa shape index (κ3) is 5.53. The Hall–Kier alpha value is -6.90. The third-order valence-electron chi connectivity index (χ3n) is 10.6. The van der Waals surface area contributed by atoms with Crippen LogP contribution in [0.2, 0.25) is 0 Å². The first-order valence-electron chi connectivity index (χ1n) is 18.2. The molecule has 2 aliphatic rings. The van der Waals surface area contributed by atoms with Gasteiger partial charge >= 0.3 is 0 Å². The summed E-state index contributed by atoms with van der Waals surface area (Å²) in [7, 11) is 0. The molecule has 0 spiro atoms. The Balaban J connectivity index is 1.01. The molecule has 1 aliphatic heterocycles. The fourth-order valence-corrected chi connectivity index (χ4v) is 7.96. The first kappa shape index (κ1) is 30.9. The molecule has 0 N–H and O–H groups in total. The molecule has 1 aliphatic carbocycles. The molecule has 0 saturated carbocycles. The molecule has 0 fully saturated rings. The van der Waals surface area contributed by atoms with Gasteiger partial charge < -0.3 is 0 Å². The smallest absolute Gasteiger partial charge is 0.160 e. The molecule has 10 rings (SSSR count). The van der Waals surface area contributed by atoms with E-state index in [9.17, 15) is 0 Å². The molecule has 8 aromatic carbocycles. The van der Waals surface area contributed by atoms with Gasteiger partial charge in [-0.25, -0.2) is 9.98 Å². The molecule has 53 heavy (non-hydrogen) atoms. The van der Waals surface area contributed by atoms with Crippen LogP contribution in [0.5, 0.6) is 0 Å². The van der Waals surface area contributed by atoms with Crippen LogP contribution in [0.3, 0.4) is 0 Å². The van der Waals surface area contributed by atoms with E-state index in [2.05, 4.69) is 170 Å². The van der Waals surface area contributed by atoms with Crippen molar-refractivity contribution in [2.24, 2.45) is 9.98 Å². The highest BCUT2D eigenvalue weighted by molar-refractivity contribution is 6.19. The maximum Gasteiger partial charge on any atom is 0.160 e. The summed E-state index contributed by atoms with van der Waals surface area (Å²) in [5, 5.41) is 2.64. The van der Waals surface area contributed by atoms with Crippen LogP contribution in [0, 0.1) is 0 Å². The highest BCUT2D eigenvalue weighted by Gasteiger charge is 2.22. The van der Waals surface area contributed by atoms with E-state index in [1.54, 1.807) is 0 Å². The van der Waals surface area contributed by atoms with Crippen molar-refractivity contribution in [1.82, 2.24) is 0 Å². The molecule has 0 saturated heterocycles. The number of hydrogen-bond acceptors (Lipinski definition) is 2. The van der Waals surface area contributed by atoms with Crippen molar-refractivity contribution in [3.05, 3.63) is 211 Å². The van der Waals surface area contributed by atoms with Gasteiger partial charge in [0.2, 0.25) is 0 Å². The maximum absolute atomic E-state index is 5.30. The predicted octanol–water partition coefficient (Wildman–Crippen LogP) is 13.2. The quantitative estimate of drug-likeness (QED) is 0.168. The number of benzene rings is 8. The Morgan fingerprint density at radius 1 is 0.302 bits per heavy atom. The topological polar surface area (TPSA) is 24.7 Å². The summed E-state index contributed by atoms with van der Waals surface area (Å²) >= 11 is 0. The second kappa shape index (κ2) is 13.0. The van der Waals surface area contributed by atoms with E-state index in [-0.39, 0.29) is 0 Å². The van der Waals surface area contributed by atoms with Gasteiger partial charge in [0, 0.05) is 17.5 Å². The van der Waals surface area contributed by atoms with Gasteiger partial charge in [-0.3, -0.25) is 0 Å². The lowest BCUT2D eigenvalue weighted by atomic mass is 9.91. The molecule has 0 aromatic heterocycles. The van der Waals surface area contributed by atoms with E-state index < -0.39 is 0 Å². The Labute approximate surface area is 309 Å². The van der Waals surface area contributed by atoms with E-state index >= 15 is 0 Å². The van der Waals surface area contributed by atoms with Crippen LogP contribution in [-0.2, 0) is 0 Å². The lowest BCUT2D eigenvalue weighted by Gasteiger charge is -2.13. The third-order valence-corrected chi connectivity index (χ3v) is 10.6. The van der Waals surface area contributed by atoms with Crippen LogP contribution < -0.4 is 0 Å². The van der Waals surface area contributed by atoms with Gasteiger partial charge in [-0.15, -0.1) is 0 Å². The predicted molar refractivity (Wildman–Crippen MR) is 223 cm³/mol. The number of amidine groups is 1. The van der Waals surface area contributed by atoms with Crippen LogP contribution >= 0.6 is 0 Å². The largest absolute Gasteiger partial charge is 0.232 e. The Kier molecular flexibility index (Phi) is 7.58. The minimum Gasteiger partial charge on any atom is -0.232 e. The number of hydrogen-bond donors (Lipinski definition) is 0. The Morgan fingerprint density at radius 3 is 1.49 bits per heavy atom. The van der Waals surface area contributed by atoms with Crippen molar-refractivity contribution >= 4 is 28.0 Å². The summed E-state index contributed by atoms with van der Waals surface area (Å²) in [5.41, 5.74) is 17.6. The molecule has 2 nitrogen and oxygen atoms in total. The number of rotatable bonds is 6. The van der Waals surface area contributed by atoms with Crippen molar-refractivity contribution in [2.45, 2.75) is 6.42 Å². The SMILES string of the molecule is C1=C(c2ccc(-c3ccccc3)cc2)N=C(c2ccccc2)N=C(c2ccccc2-c2ccc(-c3ccc4c5c(cccc35)-c3ccccc3-4)cc2)C1. The first-order valence-corrected chi connectivity index (χ1v) is 18.2. The van der Waals surface area contributed by atoms with Crippen LogP contribution in [0.25, 0.3) is 72.1 Å². The summed E-state index contributed by atoms with van der Waals surface area (Å²) in [6.07, 6.45) is 2.88. The van der Waals surface area contributed by atoms with Crippen molar-refractivity contribution < 1.29 is 0 Å². The molecule has 2 heteroatoms. The zero-order valence-electron chi connectivity index (χ0n) is 29.1. The van der Waals surface area contributed by atoms with E-state index in [0.29, 0.717) is 6.42 Å². The van der Waals surface area contributed by atoms with Crippen molar-refractivity contribution in [2.75, 3.05) is 0 Å². The fourth-order valence-electron chi connectivity index (χ4n) is 7.96. The number of fused-ring (bicyclic) bond motifs is 3. The van der Waals surface area contributed by atoms with Crippen LogP contribution in [0.15, 0.2) is 204 Å². The van der Waals surface area contributed by atoms with E-state index in [0.717, 1.165) is 45.1 Å². The van der Waals surface area contributed by atoms with Gasteiger partial charge in [0.05, 0.1) is 11.4 Å². The summed E-state index contributed by atoms with van der Waals surface area (Å²) in [6.45, 7) is 0. The second-order valence-electron chi connectivity index (χ2n) is 13.7. The number of allylic oxidation sites excluding steroid dienone is 1. The average Bonchev–Trinajstić information content (AvgIpc) is 3.40. The monoisotopic (exact) mass is 674 g/mol. The number of aliphatic imine (C=N–C) groups is 2. The van der Waals surface area contributed by atoms with Gasteiger partial charge in [0.15, 0.2) is 5.84 Å². The molecular weight excluding hydrogens is 641 g/mol. The van der Waals surface area contributed by atoms with E-state index in [4.69, 9.17) is 9.98 Å². The Morgan fingerprint density at radius 2 is 0.792 bits per heavy atom. The summed E-state index contributed by atoms with van der Waals surface area (Å²) in [6, 6.07) is 67.2. The molecule has 1 heterocycles. The molecule has 8 aromatic rings. The van der Waals surface area contributed by atoms with Gasteiger partial charge in [-0.2, -0.15) is 0 Å². The lowest BCUT2D eigenvalue weighted by Crippen LogP contribution is -2.06. The molecule has 0 amide bonds. The van der Waals surface area contributed by atoms with Gasteiger partial charge in [-0.1, -0.05) is 194 Å². The van der Waals surface area contributed by atoms with Crippen molar-refractivity contribution in [3.63, 3.8) is 0 Å². The average molecular weight is 675 g/mol. The van der Waals surface area contributed by atoms with E-state index in [1.165, 1.54) is 55.3 Å². The summed E-state index contributed by atoms with van der Waals surface area (Å²) in [5.74, 6) is 0.718. The second-order valence-corrected chi connectivity index (χ2v) is 13.7. The number of nitrogens with zero attached hydrogens (tertiary/aromatic N) is 2. The minimum absolute atomic E-state index is 0.660. The van der Waals surface area contributed by atoms with Gasteiger partial charge in [0.1, 0.15) is 0 Å². The fraction of sp³-hybridized carbons (Fsp3) is 0.0196. The maximum atomic E-state index is 5.30. The normalized spacial score (nSPS) is 13.2. The molecule has 0 atom stereocenters. The molecule has 0 unspecified atom stereocenters. The standard InChI is InChI=1S/C51H34N2/c1-3-12-34(13-4-1)35-22-28-38(29-23-35)48-32-33-49(53-51(52-48)39-14-5-2-6-15-39)44-19-10-7-16-40(44)36-24-26-37(27-25-36)41-30-31-47-43-18-9-8-17-42(43)46-21-11-20-45(41)50(46)47/h1-32H,33H2. The summed E-state index contributed by atoms with van der Waals surface area (Å²) < 4.78 is 0. The zero-order valence-corrected chi connectivity index (χ0v) is 29.1. The lowest BCUT2D eigenvalue weighted by molar-refractivity contribution is 1.42. The van der Waals surface area contributed by atoms with E-state index in [1.807, 2.05) is 24.3 Å². The van der Waals surface area contributed by atoms with Crippen molar-refractivity contribution in [1.29, 1.82) is 0 Å². The molecule has 0 radical (unpaired) electrons.